The summed E-state index contributed by atoms with van der Waals surface area (Å²) in [6.07, 6.45) is 3.93. The molecule has 4 heteroatoms. The molecule has 1 aromatic carbocycles. The van der Waals surface area contributed by atoms with Crippen molar-refractivity contribution in [2.75, 3.05) is 13.2 Å². The van der Waals surface area contributed by atoms with Crippen molar-refractivity contribution in [1.29, 1.82) is 0 Å². The number of carbonyl (C=O) groups is 1. The standard InChI is InChI=1S/C17H25NO3/c1-12-13(2)21-16-14(12)8-7-9-15(16)17(20)18-10-5-3-4-6-11-19/h7-9,12-13,19H,3-6,10-11H2,1-2H3,(H,18,20). The van der Waals surface area contributed by atoms with E-state index in [1.807, 2.05) is 25.1 Å². The zero-order chi connectivity index (χ0) is 15.2. The summed E-state index contributed by atoms with van der Waals surface area (Å²) in [5.74, 6) is 1.01. The molecular weight excluding hydrogens is 266 g/mol. The summed E-state index contributed by atoms with van der Waals surface area (Å²) in [5, 5.41) is 11.7. The second-order valence-electron chi connectivity index (χ2n) is 5.73. The van der Waals surface area contributed by atoms with Gasteiger partial charge in [0.25, 0.3) is 5.91 Å². The predicted molar refractivity (Wildman–Crippen MR) is 82.8 cm³/mol. The smallest absolute Gasteiger partial charge is 0.255 e. The van der Waals surface area contributed by atoms with Gasteiger partial charge in [-0.15, -0.1) is 0 Å². The first-order valence-electron chi connectivity index (χ1n) is 7.83. The van der Waals surface area contributed by atoms with Crippen molar-refractivity contribution in [1.82, 2.24) is 5.32 Å². The van der Waals surface area contributed by atoms with E-state index < -0.39 is 0 Å². The summed E-state index contributed by atoms with van der Waals surface area (Å²) in [6, 6.07) is 5.78. The molecule has 0 fully saturated rings. The van der Waals surface area contributed by atoms with Gasteiger partial charge in [-0.05, 0) is 25.8 Å². The summed E-state index contributed by atoms with van der Waals surface area (Å²) in [4.78, 5) is 12.3. The number of para-hydroxylation sites is 1. The molecule has 0 aromatic heterocycles. The van der Waals surface area contributed by atoms with Crippen LogP contribution in [0.25, 0.3) is 0 Å². The van der Waals surface area contributed by atoms with Gasteiger partial charge in [-0.25, -0.2) is 0 Å². The Morgan fingerprint density at radius 2 is 2.00 bits per heavy atom. The van der Waals surface area contributed by atoms with Crippen molar-refractivity contribution in [3.8, 4) is 5.75 Å². The van der Waals surface area contributed by atoms with Crippen LogP contribution in [0.1, 0.15) is 61.4 Å². The molecule has 1 heterocycles. The maximum Gasteiger partial charge on any atom is 0.255 e. The fraction of sp³-hybridized carbons (Fsp3) is 0.588. The van der Waals surface area contributed by atoms with Gasteiger partial charge in [0.05, 0.1) is 5.56 Å². The van der Waals surface area contributed by atoms with Crippen molar-refractivity contribution in [3.63, 3.8) is 0 Å². The van der Waals surface area contributed by atoms with E-state index >= 15 is 0 Å². The van der Waals surface area contributed by atoms with E-state index in [1.54, 1.807) is 0 Å². The molecule has 1 amide bonds. The van der Waals surface area contributed by atoms with Crippen LogP contribution in [-0.4, -0.2) is 30.3 Å². The maximum absolute atomic E-state index is 12.3. The Balaban J connectivity index is 1.89. The lowest BCUT2D eigenvalue weighted by Gasteiger charge is -2.10. The van der Waals surface area contributed by atoms with E-state index in [-0.39, 0.29) is 18.6 Å². The molecule has 0 aliphatic carbocycles. The number of rotatable bonds is 7. The fourth-order valence-corrected chi connectivity index (χ4v) is 2.65. The molecule has 2 N–H and O–H groups in total. The summed E-state index contributed by atoms with van der Waals surface area (Å²) < 4.78 is 5.84. The van der Waals surface area contributed by atoms with Crippen LogP contribution in [0.4, 0.5) is 0 Å². The summed E-state index contributed by atoms with van der Waals surface area (Å²) in [5.41, 5.74) is 1.76. The number of hydrogen-bond acceptors (Lipinski definition) is 3. The van der Waals surface area contributed by atoms with Gasteiger partial charge in [-0.3, -0.25) is 4.79 Å². The highest BCUT2D eigenvalue weighted by Gasteiger charge is 2.30. The quantitative estimate of drug-likeness (QED) is 0.759. The molecule has 116 valence electrons. The number of aliphatic hydroxyl groups excluding tert-OH is 1. The minimum atomic E-state index is -0.0599. The van der Waals surface area contributed by atoms with Crippen molar-refractivity contribution in [3.05, 3.63) is 29.3 Å². The Morgan fingerprint density at radius 1 is 1.24 bits per heavy atom. The number of aliphatic hydroxyl groups is 1. The highest BCUT2D eigenvalue weighted by molar-refractivity contribution is 5.97. The Kier molecular flexibility index (Phi) is 5.62. The monoisotopic (exact) mass is 291 g/mol. The van der Waals surface area contributed by atoms with E-state index in [1.165, 1.54) is 0 Å². The Hall–Kier alpha value is -1.55. The number of fused-ring (bicyclic) bond motifs is 1. The normalized spacial score (nSPS) is 20.0. The molecule has 0 radical (unpaired) electrons. The number of hydrogen-bond donors (Lipinski definition) is 2. The minimum Gasteiger partial charge on any atom is -0.489 e. The third-order valence-corrected chi connectivity index (χ3v) is 4.16. The lowest BCUT2D eigenvalue weighted by Crippen LogP contribution is -2.25. The van der Waals surface area contributed by atoms with Crippen molar-refractivity contribution < 1.29 is 14.6 Å². The zero-order valence-corrected chi connectivity index (χ0v) is 12.9. The van der Waals surface area contributed by atoms with Gasteiger partial charge in [0, 0.05) is 24.6 Å². The van der Waals surface area contributed by atoms with Gasteiger partial charge in [0.2, 0.25) is 0 Å². The van der Waals surface area contributed by atoms with Crippen molar-refractivity contribution in [2.45, 2.75) is 51.6 Å². The molecule has 4 nitrogen and oxygen atoms in total. The van der Waals surface area contributed by atoms with E-state index in [0.717, 1.165) is 37.0 Å². The molecule has 0 saturated heterocycles. The minimum absolute atomic E-state index is 0.0599. The molecule has 0 saturated carbocycles. The molecule has 0 bridgehead atoms. The van der Waals surface area contributed by atoms with Gasteiger partial charge in [-0.2, -0.15) is 0 Å². The molecule has 0 spiro atoms. The van der Waals surface area contributed by atoms with E-state index in [9.17, 15) is 4.79 Å². The largest absolute Gasteiger partial charge is 0.489 e. The SMILES string of the molecule is CC1Oc2c(C(=O)NCCCCCCO)cccc2C1C. The predicted octanol–water partition coefficient (Wildman–Crippen LogP) is 2.85. The molecular formula is C17H25NO3. The Labute approximate surface area is 126 Å². The van der Waals surface area contributed by atoms with Gasteiger partial charge >= 0.3 is 0 Å². The van der Waals surface area contributed by atoms with Crippen molar-refractivity contribution in [2.24, 2.45) is 0 Å². The number of unbranched alkanes of at least 4 members (excludes halogenated alkanes) is 3. The first-order chi connectivity index (χ1) is 10.1. The number of ether oxygens (including phenoxy) is 1. The van der Waals surface area contributed by atoms with Crippen LogP contribution < -0.4 is 10.1 Å². The van der Waals surface area contributed by atoms with Gasteiger partial charge in [0.1, 0.15) is 11.9 Å². The third kappa shape index (κ3) is 3.76. The van der Waals surface area contributed by atoms with Crippen LogP contribution in [-0.2, 0) is 0 Å². The molecule has 1 aromatic rings. The number of carbonyl (C=O) groups excluding carboxylic acids is 1. The highest BCUT2D eigenvalue weighted by Crippen LogP contribution is 2.40. The average molecular weight is 291 g/mol. The summed E-state index contributed by atoms with van der Waals surface area (Å²) in [7, 11) is 0. The lowest BCUT2D eigenvalue weighted by molar-refractivity contribution is 0.0948. The first kappa shape index (κ1) is 15.8. The van der Waals surface area contributed by atoms with Gasteiger partial charge in [0.15, 0.2) is 0 Å². The Bertz CT molecular complexity index is 487. The molecule has 1 aliphatic heterocycles. The van der Waals surface area contributed by atoms with E-state index in [2.05, 4.69) is 12.2 Å². The third-order valence-electron chi connectivity index (χ3n) is 4.16. The zero-order valence-electron chi connectivity index (χ0n) is 12.9. The molecule has 2 unspecified atom stereocenters. The van der Waals surface area contributed by atoms with Crippen LogP contribution in [0.2, 0.25) is 0 Å². The van der Waals surface area contributed by atoms with E-state index in [4.69, 9.17) is 9.84 Å². The molecule has 21 heavy (non-hydrogen) atoms. The number of benzene rings is 1. The second kappa shape index (κ2) is 7.46. The van der Waals surface area contributed by atoms with Gasteiger partial charge < -0.3 is 15.2 Å². The van der Waals surface area contributed by atoms with Crippen LogP contribution in [0.5, 0.6) is 5.75 Å². The second-order valence-corrected chi connectivity index (χ2v) is 5.73. The summed E-state index contributed by atoms with van der Waals surface area (Å²) in [6.45, 7) is 5.07. The highest BCUT2D eigenvalue weighted by atomic mass is 16.5. The number of amides is 1. The van der Waals surface area contributed by atoms with E-state index in [0.29, 0.717) is 18.0 Å². The summed E-state index contributed by atoms with van der Waals surface area (Å²) >= 11 is 0. The lowest BCUT2D eigenvalue weighted by atomic mass is 9.97. The molecule has 1 aliphatic rings. The number of nitrogens with one attached hydrogen (secondary N) is 1. The fourth-order valence-electron chi connectivity index (χ4n) is 2.65. The molecule has 2 rings (SSSR count). The Morgan fingerprint density at radius 3 is 2.76 bits per heavy atom. The van der Waals surface area contributed by atoms with Crippen LogP contribution in [0.15, 0.2) is 18.2 Å². The maximum atomic E-state index is 12.3. The van der Waals surface area contributed by atoms with Gasteiger partial charge in [-0.1, -0.05) is 31.9 Å². The van der Waals surface area contributed by atoms with Crippen LogP contribution >= 0.6 is 0 Å². The van der Waals surface area contributed by atoms with Crippen molar-refractivity contribution >= 4 is 5.91 Å². The topological polar surface area (TPSA) is 58.6 Å². The first-order valence-corrected chi connectivity index (χ1v) is 7.83. The average Bonchev–Trinajstić information content (AvgIpc) is 2.78. The van der Waals surface area contributed by atoms with Crippen LogP contribution in [0.3, 0.4) is 0 Å². The van der Waals surface area contributed by atoms with Crippen LogP contribution in [0, 0.1) is 0 Å². The molecule has 2 atom stereocenters.